The van der Waals surface area contributed by atoms with Crippen LogP contribution in [0.2, 0.25) is 0 Å². The van der Waals surface area contributed by atoms with Crippen molar-refractivity contribution in [2.75, 3.05) is 11.6 Å². The molecular weight excluding hydrogens is 262 g/mol. The maximum atomic E-state index is 12.1. The Morgan fingerprint density at radius 3 is 2.67 bits per heavy atom. The van der Waals surface area contributed by atoms with Gasteiger partial charge in [0.1, 0.15) is 0 Å². The Hall–Kier alpha value is -1.26. The van der Waals surface area contributed by atoms with E-state index in [0.717, 1.165) is 25.9 Å². The van der Waals surface area contributed by atoms with Gasteiger partial charge in [-0.2, -0.15) is 0 Å². The van der Waals surface area contributed by atoms with E-state index in [0.29, 0.717) is 0 Å². The van der Waals surface area contributed by atoms with Crippen molar-refractivity contribution in [2.45, 2.75) is 18.7 Å². The fraction of sp³-hybridized carbons (Fsp3) is 0.214. The molecule has 94 valence electrons. The zero-order valence-corrected chi connectivity index (χ0v) is 12.2. The number of thiophene rings is 1. The fourth-order valence-corrected chi connectivity index (χ4v) is 3.14. The molecule has 18 heavy (non-hydrogen) atoms. The predicted molar refractivity (Wildman–Crippen MR) is 80.0 cm³/mol. The minimum Gasteiger partial charge on any atom is -0.322 e. The van der Waals surface area contributed by atoms with Crippen LogP contribution in [0.1, 0.15) is 20.1 Å². The SMILES string of the molecule is CSc1cccc(NC(=O)c2cc(C)sc2C)c1. The first kappa shape index (κ1) is 13.2. The van der Waals surface area contributed by atoms with E-state index >= 15 is 0 Å². The number of benzene rings is 1. The number of rotatable bonds is 3. The Morgan fingerprint density at radius 2 is 2.06 bits per heavy atom. The van der Waals surface area contributed by atoms with Crippen molar-refractivity contribution in [2.24, 2.45) is 0 Å². The third kappa shape index (κ3) is 2.94. The van der Waals surface area contributed by atoms with Gasteiger partial charge in [0.15, 0.2) is 0 Å². The third-order valence-electron chi connectivity index (χ3n) is 2.61. The second-order valence-corrected chi connectivity index (χ2v) is 6.35. The Kier molecular flexibility index (Phi) is 4.09. The lowest BCUT2D eigenvalue weighted by atomic mass is 10.2. The third-order valence-corrected chi connectivity index (χ3v) is 4.30. The molecule has 0 saturated heterocycles. The number of carbonyl (C=O) groups is 1. The molecule has 0 bridgehead atoms. The monoisotopic (exact) mass is 277 g/mol. The van der Waals surface area contributed by atoms with Gasteiger partial charge in [-0.15, -0.1) is 23.1 Å². The van der Waals surface area contributed by atoms with Crippen LogP contribution in [0.4, 0.5) is 5.69 Å². The van der Waals surface area contributed by atoms with Crippen molar-refractivity contribution in [3.05, 3.63) is 45.6 Å². The lowest BCUT2D eigenvalue weighted by Gasteiger charge is -2.06. The van der Waals surface area contributed by atoms with Crippen molar-refractivity contribution in [1.82, 2.24) is 0 Å². The molecule has 2 nitrogen and oxygen atoms in total. The van der Waals surface area contributed by atoms with Crippen LogP contribution in [-0.4, -0.2) is 12.2 Å². The van der Waals surface area contributed by atoms with E-state index in [9.17, 15) is 4.79 Å². The van der Waals surface area contributed by atoms with Gasteiger partial charge in [0.25, 0.3) is 5.91 Å². The molecule has 1 amide bonds. The highest BCUT2D eigenvalue weighted by atomic mass is 32.2. The average Bonchev–Trinajstić information content (AvgIpc) is 2.69. The lowest BCUT2D eigenvalue weighted by molar-refractivity contribution is 0.102. The summed E-state index contributed by atoms with van der Waals surface area (Å²) in [4.78, 5) is 15.5. The normalized spacial score (nSPS) is 10.4. The highest BCUT2D eigenvalue weighted by molar-refractivity contribution is 7.98. The van der Waals surface area contributed by atoms with Crippen LogP contribution in [0.25, 0.3) is 0 Å². The maximum Gasteiger partial charge on any atom is 0.256 e. The van der Waals surface area contributed by atoms with Crippen LogP contribution >= 0.6 is 23.1 Å². The summed E-state index contributed by atoms with van der Waals surface area (Å²) in [5.41, 5.74) is 1.61. The molecule has 1 N–H and O–H groups in total. The minimum absolute atomic E-state index is 0.0323. The Morgan fingerprint density at radius 1 is 1.28 bits per heavy atom. The summed E-state index contributed by atoms with van der Waals surface area (Å²) in [7, 11) is 0. The molecule has 0 fully saturated rings. The standard InChI is InChI=1S/C14H15NOS2/c1-9-7-13(10(2)18-9)14(16)15-11-5-4-6-12(8-11)17-3/h4-8H,1-3H3,(H,15,16). The van der Waals surface area contributed by atoms with Crippen LogP contribution in [0.5, 0.6) is 0 Å². The molecule has 1 heterocycles. The van der Waals surface area contributed by atoms with E-state index in [-0.39, 0.29) is 5.91 Å². The van der Waals surface area contributed by atoms with E-state index in [1.807, 2.05) is 50.4 Å². The summed E-state index contributed by atoms with van der Waals surface area (Å²) in [6, 6.07) is 9.81. The van der Waals surface area contributed by atoms with Crippen LogP contribution in [-0.2, 0) is 0 Å². The van der Waals surface area contributed by atoms with Gasteiger partial charge in [0, 0.05) is 20.3 Å². The van der Waals surface area contributed by atoms with E-state index in [2.05, 4.69) is 5.32 Å². The topological polar surface area (TPSA) is 29.1 Å². The van der Waals surface area contributed by atoms with Gasteiger partial charge in [-0.1, -0.05) is 6.07 Å². The van der Waals surface area contributed by atoms with E-state index in [1.165, 1.54) is 0 Å². The van der Waals surface area contributed by atoms with Crippen molar-refractivity contribution in [3.63, 3.8) is 0 Å². The molecule has 2 aromatic rings. The first-order valence-corrected chi connectivity index (χ1v) is 7.66. The van der Waals surface area contributed by atoms with Crippen LogP contribution < -0.4 is 5.32 Å². The molecule has 2 rings (SSSR count). The summed E-state index contributed by atoms with van der Waals surface area (Å²) < 4.78 is 0. The average molecular weight is 277 g/mol. The smallest absolute Gasteiger partial charge is 0.256 e. The summed E-state index contributed by atoms with van der Waals surface area (Å²) >= 11 is 3.31. The van der Waals surface area contributed by atoms with Crippen LogP contribution in [0, 0.1) is 13.8 Å². The molecule has 0 unspecified atom stereocenters. The Labute approximate surface area is 115 Å². The van der Waals surface area contributed by atoms with E-state index in [4.69, 9.17) is 0 Å². The van der Waals surface area contributed by atoms with Gasteiger partial charge >= 0.3 is 0 Å². The second kappa shape index (κ2) is 5.59. The Balaban J connectivity index is 2.18. The van der Waals surface area contributed by atoms with Crippen molar-refractivity contribution in [3.8, 4) is 0 Å². The molecule has 1 aromatic heterocycles. The van der Waals surface area contributed by atoms with Crippen LogP contribution in [0.3, 0.4) is 0 Å². The molecule has 0 atom stereocenters. The van der Waals surface area contributed by atoms with Gasteiger partial charge < -0.3 is 5.32 Å². The van der Waals surface area contributed by atoms with Crippen LogP contribution in [0.15, 0.2) is 35.2 Å². The summed E-state index contributed by atoms with van der Waals surface area (Å²) in [6.45, 7) is 3.99. The Bertz CT molecular complexity index is 575. The number of thioether (sulfide) groups is 1. The predicted octanol–water partition coefficient (Wildman–Crippen LogP) is 4.34. The summed E-state index contributed by atoms with van der Waals surface area (Å²) in [5.74, 6) is -0.0323. The number of anilines is 1. The quantitative estimate of drug-likeness (QED) is 0.846. The molecule has 0 radical (unpaired) electrons. The number of hydrogen-bond acceptors (Lipinski definition) is 3. The van der Waals surface area contributed by atoms with Gasteiger partial charge in [-0.25, -0.2) is 0 Å². The molecule has 1 aromatic carbocycles. The second-order valence-electron chi connectivity index (χ2n) is 4.01. The zero-order chi connectivity index (χ0) is 13.1. The summed E-state index contributed by atoms with van der Waals surface area (Å²) in [5, 5.41) is 2.94. The molecule has 0 aliphatic rings. The van der Waals surface area contributed by atoms with Crippen molar-refractivity contribution < 1.29 is 4.79 Å². The maximum absolute atomic E-state index is 12.1. The van der Waals surface area contributed by atoms with E-state index < -0.39 is 0 Å². The van der Waals surface area contributed by atoms with Crippen molar-refractivity contribution >= 4 is 34.7 Å². The molecule has 4 heteroatoms. The van der Waals surface area contributed by atoms with Gasteiger partial charge in [-0.05, 0) is 44.4 Å². The highest BCUT2D eigenvalue weighted by Crippen LogP contribution is 2.23. The fourth-order valence-electron chi connectivity index (χ4n) is 1.76. The largest absolute Gasteiger partial charge is 0.322 e. The molecule has 0 saturated carbocycles. The first-order valence-electron chi connectivity index (χ1n) is 5.62. The van der Waals surface area contributed by atoms with E-state index in [1.54, 1.807) is 23.1 Å². The number of aryl methyl sites for hydroxylation is 2. The number of amides is 1. The van der Waals surface area contributed by atoms with Crippen molar-refractivity contribution in [1.29, 1.82) is 0 Å². The molecule has 0 aliphatic carbocycles. The minimum atomic E-state index is -0.0323. The number of carbonyl (C=O) groups excluding carboxylic acids is 1. The number of hydrogen-bond donors (Lipinski definition) is 1. The van der Waals surface area contributed by atoms with Gasteiger partial charge in [-0.3, -0.25) is 4.79 Å². The molecule has 0 spiro atoms. The first-order chi connectivity index (χ1) is 8.60. The molecular formula is C14H15NOS2. The lowest BCUT2D eigenvalue weighted by Crippen LogP contribution is -2.11. The number of nitrogens with one attached hydrogen (secondary N) is 1. The zero-order valence-electron chi connectivity index (χ0n) is 10.6. The molecule has 0 aliphatic heterocycles. The highest BCUT2D eigenvalue weighted by Gasteiger charge is 2.12. The summed E-state index contributed by atoms with van der Waals surface area (Å²) in [6.07, 6.45) is 2.02. The van der Waals surface area contributed by atoms with Gasteiger partial charge in [0.2, 0.25) is 0 Å². The van der Waals surface area contributed by atoms with Gasteiger partial charge in [0.05, 0.1) is 5.56 Å².